The molecule has 4 aliphatic heterocycles. The molecule has 0 atom stereocenters. The molecule has 4 aliphatic rings. The van der Waals surface area contributed by atoms with E-state index in [4.69, 9.17) is 46.4 Å². The van der Waals surface area contributed by atoms with Gasteiger partial charge in [0, 0.05) is 195 Å². The summed E-state index contributed by atoms with van der Waals surface area (Å²) in [5, 5.41) is 76.3. The Morgan fingerprint density at radius 2 is 0.383 bits per heavy atom. The number of amides is 8. The number of carbonyl (C=O) groups excluding carboxylic acids is 8. The quantitative estimate of drug-likeness (QED) is 0.102. The maximum Gasteiger partial charge on any atom is 3.00 e. The van der Waals surface area contributed by atoms with E-state index in [-0.39, 0.29) is 190 Å². The second kappa shape index (κ2) is 30.4. The number of benzene rings is 4. The van der Waals surface area contributed by atoms with Gasteiger partial charge >= 0.3 is 38.6 Å². The molecule has 4 heterocycles. The summed E-state index contributed by atoms with van der Waals surface area (Å²) in [6.45, 7) is 0.168. The van der Waals surface area contributed by atoms with Crippen molar-refractivity contribution in [3.63, 3.8) is 0 Å². The topological polar surface area (TPSA) is 338 Å². The normalized spacial score (nSPS) is 21.2. The number of halogens is 4. The van der Waals surface area contributed by atoms with Crippen LogP contribution in [0.1, 0.15) is 82.9 Å². The number of rotatable bonds is 0. The maximum absolute atomic E-state index is 13.8. The molecule has 4 aromatic carbocycles. The van der Waals surface area contributed by atoms with E-state index in [9.17, 15) is 58.8 Å². The van der Waals surface area contributed by atoms with Gasteiger partial charge in [-0.1, -0.05) is 69.4 Å². The van der Waals surface area contributed by atoms with Crippen molar-refractivity contribution >= 4 is 93.7 Å². The third-order valence-corrected chi connectivity index (χ3v) is 14.2. The van der Waals surface area contributed by atoms with E-state index >= 15 is 0 Å². The van der Waals surface area contributed by atoms with Gasteiger partial charge in [0.25, 0.3) is 47.3 Å². The van der Waals surface area contributed by atoms with Gasteiger partial charge in [-0.15, -0.1) is 0 Å². The molecule has 0 aliphatic carbocycles. The van der Waals surface area contributed by atoms with E-state index in [1.54, 1.807) is 19.6 Å². The number of nitrogens with zero attached hydrogens (tertiary/aromatic N) is 4. The van der Waals surface area contributed by atoms with Gasteiger partial charge in [-0.3, -0.25) is 58.0 Å². The van der Waals surface area contributed by atoms with Crippen molar-refractivity contribution in [1.82, 2.24) is 62.1 Å². The Morgan fingerprint density at radius 1 is 0.259 bits per heavy atom. The van der Waals surface area contributed by atoms with Crippen molar-refractivity contribution < 1.29 is 97.4 Å². The average Bonchev–Trinajstić information content (AvgIpc) is 3.46. The smallest absolute Gasteiger partial charge is 0.871 e. The zero-order chi connectivity index (χ0) is 57.6. The van der Waals surface area contributed by atoms with Gasteiger partial charge in [-0.25, -0.2) is 0 Å². The number of carbonyl (C=O) groups is 8. The van der Waals surface area contributed by atoms with Gasteiger partial charge in [-0.05, 0) is 48.5 Å². The first kappa shape index (κ1) is 64.3. The first-order chi connectivity index (χ1) is 38.3. The van der Waals surface area contributed by atoms with Crippen molar-refractivity contribution in [2.24, 2.45) is 0 Å². The zero-order valence-corrected chi connectivity index (χ0v) is 48.5. The van der Waals surface area contributed by atoms with E-state index in [1.807, 2.05) is 0 Å². The Balaban J connectivity index is 0.0000106. The van der Waals surface area contributed by atoms with Gasteiger partial charge in [0.15, 0.2) is 0 Å². The Labute approximate surface area is 516 Å². The van der Waals surface area contributed by atoms with Gasteiger partial charge in [0.1, 0.15) is 0 Å². The summed E-state index contributed by atoms with van der Waals surface area (Å²) in [5.74, 6) is -10.2. The molecule has 4 aromatic rings. The predicted octanol–water partition coefficient (Wildman–Crippen LogP) is -1.22. The molecule has 0 saturated heterocycles. The fraction of sp³-hybridized carbons (Fsp3) is 0.385. The second-order valence-corrected chi connectivity index (χ2v) is 20.5. The summed E-state index contributed by atoms with van der Waals surface area (Å²) < 4.78 is 0. The van der Waals surface area contributed by atoms with Gasteiger partial charge in [-0.2, -0.15) is 0 Å². The zero-order valence-electron chi connectivity index (χ0n) is 43.3. The molecule has 24 nitrogen and oxygen atoms in total. The summed E-state index contributed by atoms with van der Waals surface area (Å²) in [7, 11) is 0. The van der Waals surface area contributed by atoms with Crippen LogP contribution in [0.25, 0.3) is 0 Å². The molecule has 0 radical (unpaired) electrons. The van der Waals surface area contributed by atoms with E-state index in [0.717, 1.165) is 48.5 Å². The van der Waals surface area contributed by atoms with E-state index in [1.165, 1.54) is 0 Å². The fourth-order valence-corrected chi connectivity index (χ4v) is 9.89. The summed E-state index contributed by atoms with van der Waals surface area (Å²) in [6, 6.07) is 9.15. The van der Waals surface area contributed by atoms with Crippen molar-refractivity contribution in [3.05, 3.63) is 113 Å². The molecule has 0 aromatic heterocycles. The molecular weight excluding hydrogens is 1290 g/mol. The predicted molar refractivity (Wildman–Crippen MR) is 288 cm³/mol. The van der Waals surface area contributed by atoms with E-state index in [0.29, 0.717) is 0 Å². The van der Waals surface area contributed by atoms with Crippen molar-refractivity contribution in [1.29, 1.82) is 0 Å². The molecule has 8 amide bonds. The number of hydrogen-bond acceptors (Lipinski definition) is 16. The monoisotopic (exact) mass is 1340 g/mol. The number of nitrogens with one attached hydrogen (secondary N) is 8. The Kier molecular flexibility index (Phi) is 24.2. The molecule has 0 saturated carbocycles. The molecule has 0 fully saturated rings. The molecule has 0 unspecified atom stereocenters. The summed E-state index contributed by atoms with van der Waals surface area (Å²) in [6.07, 6.45) is 0. The second-order valence-electron chi connectivity index (χ2n) is 18.7. The largest absolute Gasteiger partial charge is 3.00 e. The molecular formula is C52H56Cl4N12O12Tb-. The average molecular weight is 1340 g/mol. The standard InChI is InChI=1S/C52H60Cl4N12O12.Tb/c53-29-21-33-41(69)34(22-29)46(74)59-5-13-67-14-6-62-50(78)36-24-30(54)23-35(42(36)70)47(75)58-2-10-65(9-1-57-45(33)73)17-18-66-11-3-60-48(76)37-25-31(55)27-39(43(37)71)51(79)63-7-15-68(20-19-67)16-8-64-52(80)40-28-32(56)26-38(44(40)72)49(77)61-4-12-66;/h21-28,69-72H,1-20H2,(H,57,73)(H,58,75)(H,59,74)(H,60,76)(H,61,77)(H,62,78)(H,63,79)(H,64,80);/q;+3/p-4. The minimum Gasteiger partial charge on any atom is -0.871 e. The number of hydrogen-bond donors (Lipinski definition) is 8. The molecule has 8 N–H and O–H groups in total. The van der Waals surface area contributed by atoms with Crippen LogP contribution in [0.15, 0.2) is 48.5 Å². The maximum atomic E-state index is 13.8. The summed E-state index contributed by atoms with van der Waals surface area (Å²) in [4.78, 5) is 117. The first-order valence-corrected chi connectivity index (χ1v) is 27.0. The summed E-state index contributed by atoms with van der Waals surface area (Å²) in [5.41, 5.74) is -3.22. The fourth-order valence-electron chi connectivity index (χ4n) is 9.01. The van der Waals surface area contributed by atoms with E-state index < -0.39 is 115 Å². The molecule has 12 bridgehead atoms. The van der Waals surface area contributed by atoms with Crippen LogP contribution < -0.4 is 63.0 Å². The SMILES string of the molecule is O=C1NCCN2CCNC(=O)c3cc(Cl)cc(c3[O-])C(=O)NCCN(CCNC(=O)c3cc(Cl)cc1c3[O-])CCN1CCNC(=O)c3cc(Cl)cc(c3[O-])C(=O)NCCN(CCNC(=O)c3cc(Cl)cc(c3[O-])C(=O)NCC1)CC2.[Tb+3]. The van der Waals surface area contributed by atoms with E-state index in [2.05, 4.69) is 42.5 Å². The van der Waals surface area contributed by atoms with Crippen LogP contribution >= 0.6 is 46.4 Å². The Hall–Kier alpha value is -5.87. The van der Waals surface area contributed by atoms with Crippen LogP contribution in [0.2, 0.25) is 20.1 Å². The van der Waals surface area contributed by atoms with Crippen molar-refractivity contribution in [2.45, 2.75) is 0 Å². The van der Waals surface area contributed by atoms with Gasteiger partial charge in [0.2, 0.25) is 0 Å². The molecule has 8 rings (SSSR count). The molecule has 29 heteroatoms. The number of fused-ring (bicyclic) bond motifs is 16. The van der Waals surface area contributed by atoms with Crippen LogP contribution in [-0.2, 0) is 0 Å². The minimum absolute atomic E-state index is 0. The third-order valence-electron chi connectivity index (χ3n) is 13.3. The van der Waals surface area contributed by atoms with Crippen LogP contribution in [0.4, 0.5) is 0 Å². The van der Waals surface area contributed by atoms with Gasteiger partial charge in [0.05, 0.1) is 0 Å². The first-order valence-electron chi connectivity index (χ1n) is 25.4. The summed E-state index contributed by atoms with van der Waals surface area (Å²) >= 11 is 25.6. The van der Waals surface area contributed by atoms with Crippen LogP contribution in [-0.4, -0.2) is 198 Å². The third kappa shape index (κ3) is 17.6. The molecule has 0 spiro atoms. The van der Waals surface area contributed by atoms with Crippen LogP contribution in [0.3, 0.4) is 0 Å². The van der Waals surface area contributed by atoms with Crippen LogP contribution in [0.5, 0.6) is 23.0 Å². The Bertz CT molecular complexity index is 2480. The Morgan fingerprint density at radius 3 is 0.506 bits per heavy atom. The van der Waals surface area contributed by atoms with Crippen molar-refractivity contribution in [3.8, 4) is 23.0 Å². The minimum atomic E-state index is -0.883. The molecule has 434 valence electrons. The van der Waals surface area contributed by atoms with Crippen LogP contribution in [0, 0.1) is 38.6 Å². The molecule has 81 heavy (non-hydrogen) atoms. The van der Waals surface area contributed by atoms with Gasteiger partial charge < -0.3 is 63.0 Å². The van der Waals surface area contributed by atoms with Crippen molar-refractivity contribution in [2.75, 3.05) is 131 Å².